The van der Waals surface area contributed by atoms with Gasteiger partial charge in [0.2, 0.25) is 5.75 Å². The molecule has 8 nitrogen and oxygen atoms in total. The molecule has 0 bridgehead atoms. The third kappa shape index (κ3) is 5.60. The average Bonchev–Trinajstić information content (AvgIpc) is 2.84. The highest BCUT2D eigenvalue weighted by atomic mass is 16.5. The number of hydrogen-bond donors (Lipinski definition) is 2. The first kappa shape index (κ1) is 24.7. The van der Waals surface area contributed by atoms with Gasteiger partial charge in [0.05, 0.1) is 6.54 Å². The van der Waals surface area contributed by atoms with Crippen molar-refractivity contribution < 1.29 is 14.6 Å². The first-order chi connectivity index (χ1) is 17.1. The number of ether oxygens (including phenoxy) is 1. The van der Waals surface area contributed by atoms with Crippen LogP contribution in [0.3, 0.4) is 0 Å². The number of aromatic nitrogens is 3. The highest BCUT2D eigenvalue weighted by Gasteiger charge is 2.20. The van der Waals surface area contributed by atoms with Crippen LogP contribution in [0.25, 0.3) is 11.1 Å². The summed E-state index contributed by atoms with van der Waals surface area (Å²) in [5, 5.41) is 9.60. The molecule has 0 aliphatic heterocycles. The van der Waals surface area contributed by atoms with E-state index in [1.54, 1.807) is 24.4 Å². The Morgan fingerprint density at radius 3 is 2.31 bits per heavy atom. The normalized spacial score (nSPS) is 11.3. The molecule has 0 aliphatic carbocycles. The summed E-state index contributed by atoms with van der Waals surface area (Å²) in [5.41, 5.74) is 2.13. The topological polar surface area (TPSA) is 114 Å². The summed E-state index contributed by atoms with van der Waals surface area (Å²) in [7, 11) is 0. The molecule has 0 unspecified atom stereocenters. The Balaban J connectivity index is 1.57. The van der Waals surface area contributed by atoms with Crippen LogP contribution in [0.5, 0.6) is 5.75 Å². The Labute approximate surface area is 207 Å². The van der Waals surface area contributed by atoms with Crippen molar-refractivity contribution >= 4 is 5.97 Å². The fourth-order valence-corrected chi connectivity index (χ4v) is 3.73. The molecule has 0 spiro atoms. The second-order valence-corrected chi connectivity index (χ2v) is 9.48. The zero-order valence-electron chi connectivity index (χ0n) is 20.3. The molecule has 4 aromatic rings. The van der Waals surface area contributed by atoms with Gasteiger partial charge in [0.25, 0.3) is 11.1 Å². The molecule has 4 rings (SSSR count). The van der Waals surface area contributed by atoms with E-state index in [1.807, 2.05) is 42.5 Å². The van der Waals surface area contributed by atoms with Crippen molar-refractivity contribution in [2.45, 2.75) is 39.3 Å². The van der Waals surface area contributed by atoms with Gasteiger partial charge in [-0.25, -0.2) is 9.78 Å². The number of benzene rings is 2. The first-order valence-electron chi connectivity index (χ1n) is 11.5. The third-order valence-electron chi connectivity index (χ3n) is 5.75. The Kier molecular flexibility index (Phi) is 6.87. The van der Waals surface area contributed by atoms with E-state index >= 15 is 0 Å². The Bertz CT molecular complexity index is 1500. The van der Waals surface area contributed by atoms with Gasteiger partial charge in [0.15, 0.2) is 5.69 Å². The fraction of sp³-hybridized carbons (Fsp3) is 0.214. The molecule has 0 saturated carbocycles. The SMILES string of the molecule is CC(C)(C)c1ccc(-c2ccn(Cc3nc(C(=O)O)c(OCc4ccccc4)c(=O)[nH]3)c(=O)c2)cc1. The van der Waals surface area contributed by atoms with E-state index in [-0.39, 0.29) is 35.7 Å². The minimum absolute atomic E-state index is 0.0167. The van der Waals surface area contributed by atoms with Gasteiger partial charge in [-0.15, -0.1) is 0 Å². The summed E-state index contributed by atoms with van der Waals surface area (Å²) in [6, 6.07) is 20.4. The lowest BCUT2D eigenvalue weighted by Crippen LogP contribution is -2.25. The minimum atomic E-state index is -1.40. The molecule has 0 aliphatic rings. The lowest BCUT2D eigenvalue weighted by atomic mass is 9.86. The molecular weight excluding hydrogens is 458 g/mol. The van der Waals surface area contributed by atoms with Crippen molar-refractivity contribution in [3.63, 3.8) is 0 Å². The lowest BCUT2D eigenvalue weighted by molar-refractivity contribution is 0.0683. The number of aromatic amines is 1. The van der Waals surface area contributed by atoms with Crippen LogP contribution in [0.2, 0.25) is 0 Å². The first-order valence-corrected chi connectivity index (χ1v) is 11.5. The highest BCUT2D eigenvalue weighted by molar-refractivity contribution is 5.88. The van der Waals surface area contributed by atoms with Gasteiger partial charge >= 0.3 is 5.97 Å². The number of nitrogens with zero attached hydrogens (tertiary/aromatic N) is 2. The van der Waals surface area contributed by atoms with E-state index in [0.717, 1.165) is 16.7 Å². The number of pyridine rings is 1. The number of rotatable bonds is 7. The van der Waals surface area contributed by atoms with E-state index in [4.69, 9.17) is 4.74 Å². The maximum Gasteiger partial charge on any atom is 0.358 e. The van der Waals surface area contributed by atoms with E-state index in [1.165, 1.54) is 16.2 Å². The zero-order valence-corrected chi connectivity index (χ0v) is 20.3. The van der Waals surface area contributed by atoms with Crippen molar-refractivity contribution in [3.8, 4) is 16.9 Å². The maximum absolute atomic E-state index is 12.8. The number of aromatic carboxylic acids is 1. The molecule has 2 aromatic carbocycles. The molecule has 0 atom stereocenters. The Morgan fingerprint density at radius 1 is 1.00 bits per heavy atom. The summed E-state index contributed by atoms with van der Waals surface area (Å²) in [6.45, 7) is 6.33. The summed E-state index contributed by atoms with van der Waals surface area (Å²) in [4.78, 5) is 43.8. The van der Waals surface area contributed by atoms with Gasteiger partial charge in [-0.3, -0.25) is 9.59 Å². The fourth-order valence-electron chi connectivity index (χ4n) is 3.73. The van der Waals surface area contributed by atoms with Gasteiger partial charge < -0.3 is 19.4 Å². The molecule has 0 radical (unpaired) electrons. The van der Waals surface area contributed by atoms with Crippen LogP contribution in [0, 0.1) is 0 Å². The van der Waals surface area contributed by atoms with E-state index in [9.17, 15) is 19.5 Å². The Morgan fingerprint density at radius 2 is 1.69 bits per heavy atom. The second kappa shape index (κ2) is 10.0. The monoisotopic (exact) mass is 485 g/mol. The summed E-state index contributed by atoms with van der Waals surface area (Å²) >= 11 is 0. The van der Waals surface area contributed by atoms with E-state index in [0.29, 0.717) is 0 Å². The minimum Gasteiger partial charge on any atom is -0.481 e. The second-order valence-electron chi connectivity index (χ2n) is 9.48. The average molecular weight is 486 g/mol. The number of carboxylic acid groups (broad SMARTS) is 1. The van der Waals surface area contributed by atoms with Crippen LogP contribution in [0.1, 0.15) is 48.2 Å². The summed E-state index contributed by atoms with van der Waals surface area (Å²) in [5.74, 6) is -1.74. The standard InChI is InChI=1S/C28H27N3O5/c1-28(2,3)21-11-9-19(10-12-21)20-13-14-31(23(32)15-20)16-22-29-24(27(34)35)25(26(33)30-22)36-17-18-7-5-4-6-8-18/h4-15H,16-17H2,1-3H3,(H,34,35)(H,29,30,33). The molecule has 2 N–H and O–H groups in total. The molecule has 8 heteroatoms. The van der Waals surface area contributed by atoms with Crippen LogP contribution >= 0.6 is 0 Å². The maximum atomic E-state index is 12.8. The number of carbonyl (C=O) groups is 1. The number of H-pyrrole nitrogens is 1. The molecular formula is C28H27N3O5. The predicted octanol–water partition coefficient (Wildman–Crippen LogP) is 4.22. The molecule has 0 fully saturated rings. The summed E-state index contributed by atoms with van der Waals surface area (Å²) in [6.07, 6.45) is 1.59. The van der Waals surface area contributed by atoms with Crippen molar-refractivity contribution in [2.24, 2.45) is 0 Å². The van der Waals surface area contributed by atoms with Gasteiger partial charge in [0.1, 0.15) is 12.4 Å². The number of nitrogens with one attached hydrogen (secondary N) is 1. The van der Waals surface area contributed by atoms with Crippen molar-refractivity contribution in [1.29, 1.82) is 0 Å². The van der Waals surface area contributed by atoms with Gasteiger partial charge in [-0.1, -0.05) is 75.4 Å². The van der Waals surface area contributed by atoms with Crippen molar-refractivity contribution in [2.75, 3.05) is 0 Å². The van der Waals surface area contributed by atoms with Crippen LogP contribution in [0.4, 0.5) is 0 Å². The van der Waals surface area contributed by atoms with Crippen molar-refractivity contribution in [3.05, 3.63) is 116 Å². The third-order valence-corrected chi connectivity index (χ3v) is 5.75. The molecule has 184 valence electrons. The Hall–Kier alpha value is -4.46. The number of carboxylic acids is 1. The van der Waals surface area contributed by atoms with Crippen LogP contribution in [-0.4, -0.2) is 25.6 Å². The van der Waals surface area contributed by atoms with E-state index < -0.39 is 17.2 Å². The quantitative estimate of drug-likeness (QED) is 0.405. The molecule has 2 aromatic heterocycles. The van der Waals surface area contributed by atoms with Crippen LogP contribution in [0.15, 0.2) is 82.5 Å². The van der Waals surface area contributed by atoms with Gasteiger partial charge in [0, 0.05) is 12.3 Å². The van der Waals surface area contributed by atoms with Crippen LogP contribution in [-0.2, 0) is 18.6 Å². The van der Waals surface area contributed by atoms with Gasteiger partial charge in [-0.2, -0.15) is 0 Å². The lowest BCUT2D eigenvalue weighted by Gasteiger charge is -2.19. The largest absolute Gasteiger partial charge is 0.481 e. The van der Waals surface area contributed by atoms with Crippen molar-refractivity contribution in [1.82, 2.24) is 14.5 Å². The summed E-state index contributed by atoms with van der Waals surface area (Å²) < 4.78 is 6.83. The van der Waals surface area contributed by atoms with Crippen LogP contribution < -0.4 is 15.9 Å². The van der Waals surface area contributed by atoms with Gasteiger partial charge in [-0.05, 0) is 33.7 Å². The smallest absolute Gasteiger partial charge is 0.358 e. The molecule has 36 heavy (non-hydrogen) atoms. The number of hydrogen-bond acceptors (Lipinski definition) is 5. The highest BCUT2D eigenvalue weighted by Crippen LogP contribution is 2.25. The van der Waals surface area contributed by atoms with E-state index in [2.05, 4.69) is 30.7 Å². The molecule has 0 amide bonds. The molecule has 2 heterocycles. The molecule has 0 saturated heterocycles. The zero-order chi connectivity index (χ0) is 25.9. The predicted molar refractivity (Wildman–Crippen MR) is 137 cm³/mol.